The summed E-state index contributed by atoms with van der Waals surface area (Å²) in [7, 11) is 0. The molecule has 0 saturated heterocycles. The smallest absolute Gasteiger partial charge is 0.264 e. The zero-order valence-corrected chi connectivity index (χ0v) is 17.2. The molecular formula is C18H15BrClN3O2S. The minimum absolute atomic E-state index is 0.101. The SMILES string of the molecule is Cc1cc(OCC(=O)Nc2nnc(-c3ccc(Cl)cc3)s2)cc(C)c1Br. The summed E-state index contributed by atoms with van der Waals surface area (Å²) in [5, 5.41) is 12.6. The van der Waals surface area contributed by atoms with Crippen molar-refractivity contribution < 1.29 is 9.53 Å². The summed E-state index contributed by atoms with van der Waals surface area (Å²) in [6.45, 7) is 3.85. The van der Waals surface area contributed by atoms with Gasteiger partial charge in [-0.05, 0) is 49.2 Å². The molecule has 0 aliphatic carbocycles. The van der Waals surface area contributed by atoms with Crippen LogP contribution in [0, 0.1) is 13.8 Å². The third kappa shape index (κ3) is 4.60. The molecule has 0 bridgehead atoms. The van der Waals surface area contributed by atoms with Gasteiger partial charge in [-0.2, -0.15) is 0 Å². The number of nitrogens with one attached hydrogen (secondary N) is 1. The van der Waals surface area contributed by atoms with Crippen molar-refractivity contribution in [2.75, 3.05) is 11.9 Å². The van der Waals surface area contributed by atoms with E-state index in [4.69, 9.17) is 16.3 Å². The van der Waals surface area contributed by atoms with Crippen molar-refractivity contribution in [1.29, 1.82) is 0 Å². The molecule has 8 heteroatoms. The number of nitrogens with zero attached hydrogens (tertiary/aromatic N) is 2. The summed E-state index contributed by atoms with van der Waals surface area (Å²) in [6, 6.07) is 11.0. The molecule has 3 aromatic rings. The number of rotatable bonds is 5. The Morgan fingerprint density at radius 3 is 2.50 bits per heavy atom. The van der Waals surface area contributed by atoms with Crippen molar-refractivity contribution in [2.24, 2.45) is 0 Å². The number of aromatic nitrogens is 2. The summed E-state index contributed by atoms with van der Waals surface area (Å²) in [5.41, 5.74) is 3.00. The van der Waals surface area contributed by atoms with Crippen LogP contribution in [0.15, 0.2) is 40.9 Å². The van der Waals surface area contributed by atoms with E-state index in [9.17, 15) is 4.79 Å². The summed E-state index contributed by atoms with van der Waals surface area (Å²) >= 11 is 10.7. The maximum absolute atomic E-state index is 12.1. The maximum Gasteiger partial charge on any atom is 0.264 e. The third-order valence-electron chi connectivity index (χ3n) is 3.54. The fraction of sp³-hybridized carbons (Fsp3) is 0.167. The molecule has 5 nitrogen and oxygen atoms in total. The fourth-order valence-corrected chi connectivity index (χ4v) is 3.40. The largest absolute Gasteiger partial charge is 0.484 e. The predicted octanol–water partition coefficient (Wildman–Crippen LogP) is 5.26. The topological polar surface area (TPSA) is 64.1 Å². The molecule has 0 spiro atoms. The molecule has 0 aliphatic heterocycles. The second-order valence-corrected chi connectivity index (χ2v) is 7.83. The Hall–Kier alpha value is -1.96. The Bertz CT molecular complexity index is 921. The molecule has 0 atom stereocenters. The molecule has 0 saturated carbocycles. The van der Waals surface area contributed by atoms with Gasteiger partial charge in [0.25, 0.3) is 5.91 Å². The molecule has 2 aromatic carbocycles. The lowest BCUT2D eigenvalue weighted by atomic mass is 10.1. The molecule has 1 amide bonds. The van der Waals surface area contributed by atoms with Crippen molar-refractivity contribution in [3.05, 3.63) is 57.0 Å². The van der Waals surface area contributed by atoms with E-state index in [1.54, 1.807) is 12.1 Å². The number of carbonyl (C=O) groups is 1. The first-order valence-electron chi connectivity index (χ1n) is 7.71. The molecule has 0 aliphatic rings. The van der Waals surface area contributed by atoms with Crippen LogP contribution in [0.25, 0.3) is 10.6 Å². The van der Waals surface area contributed by atoms with E-state index < -0.39 is 0 Å². The third-order valence-corrected chi connectivity index (χ3v) is 5.93. The van der Waals surface area contributed by atoms with Gasteiger partial charge in [-0.1, -0.05) is 51.0 Å². The first kappa shape index (κ1) is 18.8. The zero-order chi connectivity index (χ0) is 18.7. The average Bonchev–Trinajstić information content (AvgIpc) is 3.06. The van der Waals surface area contributed by atoms with Crippen LogP contribution in [-0.4, -0.2) is 22.7 Å². The van der Waals surface area contributed by atoms with Crippen LogP contribution in [0.2, 0.25) is 5.02 Å². The molecule has 0 unspecified atom stereocenters. The number of carbonyl (C=O) groups excluding carboxylic acids is 1. The molecule has 1 aromatic heterocycles. The average molecular weight is 453 g/mol. The molecule has 0 radical (unpaired) electrons. The van der Waals surface area contributed by atoms with E-state index in [2.05, 4.69) is 31.4 Å². The highest BCUT2D eigenvalue weighted by Crippen LogP contribution is 2.28. The van der Waals surface area contributed by atoms with Crippen LogP contribution in [0.5, 0.6) is 5.75 Å². The molecule has 0 fully saturated rings. The normalized spacial score (nSPS) is 10.6. The Balaban J connectivity index is 1.59. The van der Waals surface area contributed by atoms with E-state index in [0.29, 0.717) is 20.9 Å². The summed E-state index contributed by atoms with van der Waals surface area (Å²) in [5.74, 6) is 0.361. The highest BCUT2D eigenvalue weighted by molar-refractivity contribution is 9.10. The Morgan fingerprint density at radius 1 is 1.19 bits per heavy atom. The standard InChI is InChI=1S/C18H15BrClN3O2S/c1-10-7-14(8-11(2)16(10)19)25-9-15(24)21-18-23-22-17(26-18)12-3-5-13(20)6-4-12/h3-8H,9H2,1-2H3,(H,21,23,24). The van der Waals surface area contributed by atoms with Gasteiger partial charge in [-0.3, -0.25) is 10.1 Å². The minimum Gasteiger partial charge on any atom is -0.484 e. The lowest BCUT2D eigenvalue weighted by Crippen LogP contribution is -2.20. The first-order valence-corrected chi connectivity index (χ1v) is 9.70. The molecule has 1 heterocycles. The molecule has 134 valence electrons. The predicted molar refractivity (Wildman–Crippen MR) is 108 cm³/mol. The van der Waals surface area contributed by atoms with Gasteiger partial charge >= 0.3 is 0 Å². The van der Waals surface area contributed by atoms with E-state index >= 15 is 0 Å². The van der Waals surface area contributed by atoms with Gasteiger partial charge in [0.05, 0.1) is 0 Å². The van der Waals surface area contributed by atoms with Gasteiger partial charge in [-0.15, -0.1) is 10.2 Å². The monoisotopic (exact) mass is 451 g/mol. The molecule has 3 rings (SSSR count). The summed E-state index contributed by atoms with van der Waals surface area (Å²) in [4.78, 5) is 12.1. The van der Waals surface area contributed by atoms with E-state index in [1.165, 1.54) is 11.3 Å². The van der Waals surface area contributed by atoms with Crippen molar-refractivity contribution in [3.63, 3.8) is 0 Å². The maximum atomic E-state index is 12.1. The second kappa shape index (κ2) is 8.16. The van der Waals surface area contributed by atoms with Crippen molar-refractivity contribution in [2.45, 2.75) is 13.8 Å². The van der Waals surface area contributed by atoms with Crippen molar-refractivity contribution >= 4 is 49.9 Å². The van der Waals surface area contributed by atoms with Crippen LogP contribution in [0.3, 0.4) is 0 Å². The van der Waals surface area contributed by atoms with Crippen LogP contribution in [0.4, 0.5) is 5.13 Å². The lowest BCUT2D eigenvalue weighted by molar-refractivity contribution is -0.118. The number of hydrogen-bond acceptors (Lipinski definition) is 5. The van der Waals surface area contributed by atoms with Gasteiger partial charge in [0.15, 0.2) is 6.61 Å². The summed E-state index contributed by atoms with van der Waals surface area (Å²) in [6.07, 6.45) is 0. The highest BCUT2D eigenvalue weighted by Gasteiger charge is 2.11. The van der Waals surface area contributed by atoms with Crippen LogP contribution < -0.4 is 10.1 Å². The molecule has 1 N–H and O–H groups in total. The van der Waals surface area contributed by atoms with Gasteiger partial charge in [0, 0.05) is 15.1 Å². The second-order valence-electron chi connectivity index (χ2n) is 5.63. The minimum atomic E-state index is -0.290. The van der Waals surface area contributed by atoms with Gasteiger partial charge in [-0.25, -0.2) is 0 Å². The van der Waals surface area contributed by atoms with Gasteiger partial charge in [0.2, 0.25) is 5.13 Å². The number of halogens is 2. The van der Waals surface area contributed by atoms with E-state index in [0.717, 1.165) is 21.2 Å². The van der Waals surface area contributed by atoms with Gasteiger partial charge in [0.1, 0.15) is 10.8 Å². The Morgan fingerprint density at radius 2 is 1.85 bits per heavy atom. The van der Waals surface area contributed by atoms with Crippen molar-refractivity contribution in [3.8, 4) is 16.3 Å². The Kier molecular flexibility index (Phi) is 5.90. The number of anilines is 1. The van der Waals surface area contributed by atoms with Crippen LogP contribution in [0.1, 0.15) is 11.1 Å². The summed E-state index contributed by atoms with van der Waals surface area (Å²) < 4.78 is 6.61. The number of aryl methyl sites for hydroxylation is 2. The number of benzene rings is 2. The molecule has 26 heavy (non-hydrogen) atoms. The number of amides is 1. The van der Waals surface area contributed by atoms with E-state index in [1.807, 2.05) is 38.1 Å². The Labute approximate surface area is 168 Å². The van der Waals surface area contributed by atoms with Gasteiger partial charge < -0.3 is 4.74 Å². The number of hydrogen-bond donors (Lipinski definition) is 1. The molecular weight excluding hydrogens is 438 g/mol. The van der Waals surface area contributed by atoms with Crippen LogP contribution >= 0.6 is 38.9 Å². The first-order chi connectivity index (χ1) is 12.4. The zero-order valence-electron chi connectivity index (χ0n) is 14.0. The number of ether oxygens (including phenoxy) is 1. The highest BCUT2D eigenvalue weighted by atomic mass is 79.9. The van der Waals surface area contributed by atoms with E-state index in [-0.39, 0.29) is 12.5 Å². The lowest BCUT2D eigenvalue weighted by Gasteiger charge is -2.09. The fourth-order valence-electron chi connectivity index (χ4n) is 2.28. The quantitative estimate of drug-likeness (QED) is 0.574. The van der Waals surface area contributed by atoms with Crippen LogP contribution in [-0.2, 0) is 4.79 Å². The van der Waals surface area contributed by atoms with Crippen molar-refractivity contribution in [1.82, 2.24) is 10.2 Å².